The Morgan fingerprint density at radius 2 is 2.11 bits per heavy atom. The highest BCUT2D eigenvalue weighted by Crippen LogP contribution is 2.12. The Morgan fingerprint density at radius 3 is 2.78 bits per heavy atom. The van der Waals surface area contributed by atoms with Gasteiger partial charge in [-0.25, -0.2) is 0 Å². The zero-order valence-corrected chi connectivity index (χ0v) is 17.1. The van der Waals surface area contributed by atoms with Crippen molar-refractivity contribution in [3.8, 4) is 0 Å². The van der Waals surface area contributed by atoms with Crippen molar-refractivity contribution in [3.63, 3.8) is 0 Å². The zero-order valence-electron chi connectivity index (χ0n) is 17.1. The molecule has 1 fully saturated rings. The maximum Gasteiger partial charge on any atom is 0.191 e. The zero-order chi connectivity index (χ0) is 19.3. The number of nitrogens with zero attached hydrogens (tertiary/aromatic N) is 2. The number of guanidine groups is 1. The molecule has 1 aromatic carbocycles. The first kappa shape index (κ1) is 21.7. The van der Waals surface area contributed by atoms with E-state index < -0.39 is 0 Å². The number of aliphatic imine (C=N–C) groups is 1. The van der Waals surface area contributed by atoms with Gasteiger partial charge in [-0.3, -0.25) is 4.99 Å². The first-order chi connectivity index (χ1) is 13.2. The van der Waals surface area contributed by atoms with Gasteiger partial charge in [-0.15, -0.1) is 0 Å². The van der Waals surface area contributed by atoms with Crippen molar-refractivity contribution in [2.24, 2.45) is 10.9 Å². The lowest BCUT2D eigenvalue weighted by atomic mass is 10.1. The minimum absolute atomic E-state index is 0.405. The Balaban J connectivity index is 1.61. The molecule has 0 amide bonds. The fourth-order valence-corrected chi connectivity index (χ4v) is 3.10. The highest BCUT2D eigenvalue weighted by molar-refractivity contribution is 5.79. The van der Waals surface area contributed by atoms with E-state index in [1.165, 1.54) is 5.56 Å². The van der Waals surface area contributed by atoms with Crippen LogP contribution in [0.5, 0.6) is 0 Å². The summed E-state index contributed by atoms with van der Waals surface area (Å²) in [5.74, 6) is 1.43. The first-order valence-corrected chi connectivity index (χ1v) is 9.99. The van der Waals surface area contributed by atoms with Crippen LogP contribution in [-0.2, 0) is 15.9 Å². The van der Waals surface area contributed by atoms with E-state index in [-0.39, 0.29) is 0 Å². The molecule has 2 atom stereocenters. The van der Waals surface area contributed by atoms with Crippen LogP contribution in [0.25, 0.3) is 0 Å². The van der Waals surface area contributed by atoms with Gasteiger partial charge >= 0.3 is 0 Å². The fourth-order valence-electron chi connectivity index (χ4n) is 3.10. The van der Waals surface area contributed by atoms with Gasteiger partial charge < -0.3 is 25.0 Å². The van der Waals surface area contributed by atoms with Crippen LogP contribution < -0.4 is 10.6 Å². The molecule has 0 aromatic heterocycles. The van der Waals surface area contributed by atoms with Crippen LogP contribution >= 0.6 is 0 Å². The molecule has 0 aliphatic carbocycles. The van der Waals surface area contributed by atoms with Gasteiger partial charge in [0.2, 0.25) is 0 Å². The lowest BCUT2D eigenvalue weighted by Gasteiger charge is -2.25. The number of hydrogen-bond donors (Lipinski definition) is 2. The molecule has 0 bridgehead atoms. The van der Waals surface area contributed by atoms with Crippen LogP contribution in [0.15, 0.2) is 35.3 Å². The van der Waals surface area contributed by atoms with Crippen LogP contribution in [0.1, 0.15) is 18.4 Å². The van der Waals surface area contributed by atoms with Crippen molar-refractivity contribution < 1.29 is 9.47 Å². The van der Waals surface area contributed by atoms with Gasteiger partial charge in [0.05, 0.1) is 13.2 Å². The number of ether oxygens (including phenoxy) is 2. The first-order valence-electron chi connectivity index (χ1n) is 9.99. The third-order valence-electron chi connectivity index (χ3n) is 4.91. The molecular formula is C21H36N4O2. The van der Waals surface area contributed by atoms with E-state index in [1.54, 1.807) is 0 Å². The summed E-state index contributed by atoms with van der Waals surface area (Å²) in [4.78, 5) is 6.58. The van der Waals surface area contributed by atoms with E-state index >= 15 is 0 Å². The maximum atomic E-state index is 5.74. The fraction of sp³-hybridized carbons (Fsp3) is 0.667. The van der Waals surface area contributed by atoms with Crippen molar-refractivity contribution in [1.29, 1.82) is 0 Å². The number of nitrogens with one attached hydrogen (secondary N) is 2. The lowest BCUT2D eigenvalue weighted by molar-refractivity contribution is 0.0888. The second-order valence-corrected chi connectivity index (χ2v) is 7.35. The Bertz CT molecular complexity index is 530. The molecule has 6 nitrogen and oxygen atoms in total. The van der Waals surface area contributed by atoms with Crippen molar-refractivity contribution in [2.45, 2.75) is 25.3 Å². The Labute approximate surface area is 164 Å². The Morgan fingerprint density at radius 1 is 1.30 bits per heavy atom. The van der Waals surface area contributed by atoms with Gasteiger partial charge in [-0.2, -0.15) is 0 Å². The SMILES string of the molecule is CN=C(NCCCOCC1CCOC1)NCC(Cc1ccccc1)N(C)C. The minimum atomic E-state index is 0.405. The molecule has 0 saturated carbocycles. The molecular weight excluding hydrogens is 340 g/mol. The van der Waals surface area contributed by atoms with Crippen LogP contribution in [0.2, 0.25) is 0 Å². The van der Waals surface area contributed by atoms with E-state index in [4.69, 9.17) is 9.47 Å². The average Bonchev–Trinajstić information content (AvgIpc) is 3.20. The van der Waals surface area contributed by atoms with Crippen molar-refractivity contribution in [3.05, 3.63) is 35.9 Å². The van der Waals surface area contributed by atoms with E-state index in [0.717, 1.165) is 64.7 Å². The summed E-state index contributed by atoms with van der Waals surface area (Å²) >= 11 is 0. The van der Waals surface area contributed by atoms with Gasteiger partial charge in [0, 0.05) is 45.3 Å². The molecule has 6 heteroatoms. The highest BCUT2D eigenvalue weighted by atomic mass is 16.5. The van der Waals surface area contributed by atoms with Crippen LogP contribution in [-0.4, -0.2) is 77.6 Å². The molecule has 2 unspecified atom stereocenters. The normalized spacial score (nSPS) is 18.7. The summed E-state index contributed by atoms with van der Waals surface area (Å²) < 4.78 is 11.1. The molecule has 152 valence electrons. The monoisotopic (exact) mass is 376 g/mol. The number of likely N-dealkylation sites (N-methyl/N-ethyl adjacent to an activating group) is 1. The van der Waals surface area contributed by atoms with Gasteiger partial charge in [-0.05, 0) is 38.9 Å². The highest BCUT2D eigenvalue weighted by Gasteiger charge is 2.15. The molecule has 27 heavy (non-hydrogen) atoms. The topological polar surface area (TPSA) is 58.1 Å². The van der Waals surface area contributed by atoms with Crippen molar-refractivity contribution in [2.75, 3.05) is 60.7 Å². The van der Waals surface area contributed by atoms with Gasteiger partial charge in [0.15, 0.2) is 5.96 Å². The van der Waals surface area contributed by atoms with Gasteiger partial charge in [0.1, 0.15) is 0 Å². The predicted octanol–water partition coefficient (Wildman–Crippen LogP) is 1.77. The smallest absolute Gasteiger partial charge is 0.191 e. The van der Waals surface area contributed by atoms with E-state index in [9.17, 15) is 0 Å². The van der Waals surface area contributed by atoms with Crippen LogP contribution in [0, 0.1) is 5.92 Å². The second kappa shape index (κ2) is 12.7. The third kappa shape index (κ3) is 8.73. The number of rotatable bonds is 11. The average molecular weight is 377 g/mol. The standard InChI is InChI=1S/C21H36N4O2/c1-22-21(23-11-7-12-26-16-19-10-13-27-17-19)24-15-20(25(2)3)14-18-8-5-4-6-9-18/h4-6,8-9,19-20H,7,10-17H2,1-3H3,(H2,22,23,24). The lowest BCUT2D eigenvalue weighted by Crippen LogP contribution is -2.46. The molecule has 1 saturated heterocycles. The summed E-state index contributed by atoms with van der Waals surface area (Å²) in [6.45, 7) is 5.03. The van der Waals surface area contributed by atoms with Crippen LogP contribution in [0.4, 0.5) is 0 Å². The number of hydrogen-bond acceptors (Lipinski definition) is 4. The van der Waals surface area contributed by atoms with E-state index in [1.807, 2.05) is 7.05 Å². The summed E-state index contributed by atoms with van der Waals surface area (Å²) in [6.07, 6.45) is 3.11. The van der Waals surface area contributed by atoms with Crippen LogP contribution in [0.3, 0.4) is 0 Å². The Hall–Kier alpha value is -1.63. The van der Waals surface area contributed by atoms with Crippen molar-refractivity contribution in [1.82, 2.24) is 15.5 Å². The molecule has 1 aromatic rings. The van der Waals surface area contributed by atoms with Crippen molar-refractivity contribution >= 4 is 5.96 Å². The van der Waals surface area contributed by atoms with Gasteiger partial charge in [0.25, 0.3) is 0 Å². The number of benzene rings is 1. The molecule has 0 radical (unpaired) electrons. The third-order valence-corrected chi connectivity index (χ3v) is 4.91. The Kier molecular flexibility index (Phi) is 10.2. The molecule has 2 N–H and O–H groups in total. The van der Waals surface area contributed by atoms with E-state index in [2.05, 4.69) is 65.0 Å². The van der Waals surface area contributed by atoms with Gasteiger partial charge in [-0.1, -0.05) is 30.3 Å². The summed E-state index contributed by atoms with van der Waals surface area (Å²) in [6, 6.07) is 11.0. The molecule has 1 aliphatic rings. The summed E-state index contributed by atoms with van der Waals surface area (Å²) in [7, 11) is 6.06. The second-order valence-electron chi connectivity index (χ2n) is 7.35. The largest absolute Gasteiger partial charge is 0.381 e. The van der Waals surface area contributed by atoms with E-state index in [0.29, 0.717) is 12.0 Å². The quantitative estimate of drug-likeness (QED) is 0.350. The maximum absolute atomic E-state index is 5.74. The predicted molar refractivity (Wildman–Crippen MR) is 111 cm³/mol. The summed E-state index contributed by atoms with van der Waals surface area (Å²) in [5.41, 5.74) is 1.35. The summed E-state index contributed by atoms with van der Waals surface area (Å²) in [5, 5.41) is 6.82. The minimum Gasteiger partial charge on any atom is -0.381 e. The molecule has 0 spiro atoms. The molecule has 2 rings (SSSR count). The molecule has 1 aliphatic heterocycles. The molecule has 1 heterocycles.